The quantitative estimate of drug-likeness (QED) is 0.146. The lowest BCUT2D eigenvalue weighted by atomic mass is 10.1. The van der Waals surface area contributed by atoms with Crippen molar-refractivity contribution in [2.45, 2.75) is 12.5 Å². The number of likely N-dealkylation sites (N-methyl/N-ethyl adjacent to an activating group) is 1. The summed E-state index contributed by atoms with van der Waals surface area (Å²) in [5.41, 5.74) is 1.65. The second-order valence-electron chi connectivity index (χ2n) is 10.1. The average Bonchev–Trinajstić information content (AvgIpc) is 3.55. The van der Waals surface area contributed by atoms with Gasteiger partial charge in [-0.3, -0.25) is 4.79 Å². The van der Waals surface area contributed by atoms with E-state index in [9.17, 15) is 28.4 Å². The average molecular weight is 718 g/mol. The number of aromatic nitrogens is 2. The SMILES string of the molecule is CN(C)CC=CC(=O)Nc1cc2c(Nc3ccc(F)c(Cl)c3)ncnc2cc1OC1CCOC1.O=C(O)C=CC(=O)O.O=C(O)C=CC(=O)O. The van der Waals surface area contributed by atoms with Crippen molar-refractivity contribution in [3.8, 4) is 5.75 Å². The van der Waals surface area contributed by atoms with Crippen molar-refractivity contribution in [1.82, 2.24) is 14.9 Å². The topological polar surface area (TPSA) is 238 Å². The molecule has 1 fully saturated rings. The highest BCUT2D eigenvalue weighted by atomic mass is 35.5. The molecule has 1 saturated heterocycles. The van der Waals surface area contributed by atoms with Crippen LogP contribution in [0.2, 0.25) is 5.02 Å². The van der Waals surface area contributed by atoms with Crippen LogP contribution in [-0.2, 0) is 28.7 Å². The van der Waals surface area contributed by atoms with Gasteiger partial charge in [-0.15, -0.1) is 0 Å². The molecule has 0 radical (unpaired) electrons. The zero-order chi connectivity index (χ0) is 37.2. The van der Waals surface area contributed by atoms with Gasteiger partial charge in [0.1, 0.15) is 29.8 Å². The lowest BCUT2D eigenvalue weighted by Crippen LogP contribution is -2.18. The summed E-state index contributed by atoms with van der Waals surface area (Å²) in [6.07, 6.45) is 7.55. The van der Waals surface area contributed by atoms with E-state index in [1.165, 1.54) is 24.5 Å². The Kier molecular flexibility index (Phi) is 16.5. The van der Waals surface area contributed by atoms with E-state index in [0.29, 0.717) is 77.9 Å². The van der Waals surface area contributed by atoms with Crippen LogP contribution in [0.25, 0.3) is 10.9 Å². The molecule has 1 aliphatic heterocycles. The molecule has 1 unspecified atom stereocenters. The van der Waals surface area contributed by atoms with Crippen LogP contribution in [0.1, 0.15) is 6.42 Å². The van der Waals surface area contributed by atoms with Crippen LogP contribution in [-0.4, -0.2) is 105 Å². The minimum Gasteiger partial charge on any atom is -0.486 e. The van der Waals surface area contributed by atoms with Crippen molar-refractivity contribution >= 4 is 69.5 Å². The number of hydrogen-bond acceptors (Lipinski definition) is 11. The first-order valence-electron chi connectivity index (χ1n) is 14.3. The molecule has 1 amide bonds. The predicted molar refractivity (Wildman–Crippen MR) is 179 cm³/mol. The van der Waals surface area contributed by atoms with Gasteiger partial charge in [0, 0.05) is 60.5 Å². The second-order valence-corrected chi connectivity index (χ2v) is 10.5. The van der Waals surface area contributed by atoms with E-state index in [1.54, 1.807) is 24.3 Å². The van der Waals surface area contributed by atoms with E-state index in [-0.39, 0.29) is 17.0 Å². The first kappa shape index (κ1) is 40.3. The Hall–Kier alpha value is -5.91. The number of rotatable bonds is 12. The number of nitrogens with one attached hydrogen (secondary N) is 2. The molecular formula is C32H33ClFN5O11. The van der Waals surface area contributed by atoms with E-state index < -0.39 is 29.7 Å². The lowest BCUT2D eigenvalue weighted by molar-refractivity contribution is -0.134. The molecule has 1 aliphatic rings. The number of carbonyl (C=O) groups excluding carboxylic acids is 1. The molecule has 4 rings (SSSR count). The first-order valence-corrected chi connectivity index (χ1v) is 14.7. The Labute approximate surface area is 289 Å². The fraction of sp³-hybridized carbons (Fsp3) is 0.219. The number of hydrogen-bond donors (Lipinski definition) is 6. The molecule has 0 spiro atoms. The number of anilines is 3. The van der Waals surface area contributed by atoms with Gasteiger partial charge in [-0.25, -0.2) is 33.5 Å². The van der Waals surface area contributed by atoms with Crippen LogP contribution < -0.4 is 15.4 Å². The number of halogens is 2. The Morgan fingerprint density at radius 1 is 0.960 bits per heavy atom. The summed E-state index contributed by atoms with van der Waals surface area (Å²) in [4.78, 5) is 61.4. The molecule has 2 heterocycles. The van der Waals surface area contributed by atoms with Gasteiger partial charge in [0.05, 0.1) is 29.4 Å². The molecule has 3 aromatic rings. The smallest absolute Gasteiger partial charge is 0.328 e. The van der Waals surface area contributed by atoms with Gasteiger partial charge in [0.15, 0.2) is 0 Å². The van der Waals surface area contributed by atoms with Crippen LogP contribution >= 0.6 is 11.6 Å². The summed E-state index contributed by atoms with van der Waals surface area (Å²) < 4.78 is 25.1. The van der Waals surface area contributed by atoms with Crippen LogP contribution in [0.5, 0.6) is 5.75 Å². The molecule has 0 bridgehead atoms. The standard InChI is InChI=1S/C24H25ClFN5O3.2C4H4O4/c1-31(2)8-3-4-23(32)30-21-11-17-20(12-22(21)34-16-7-9-33-13-16)27-14-28-24(17)29-15-5-6-19(26)18(25)10-15;2*5-3(6)1-2-4(7)8/h3-6,10-12,14,16H,7-9,13H2,1-2H3,(H,30,32)(H,27,28,29);2*1-2H,(H,5,6)(H,7,8). The van der Waals surface area contributed by atoms with Crippen LogP contribution in [0.15, 0.2) is 73.1 Å². The van der Waals surface area contributed by atoms with Gasteiger partial charge in [0.2, 0.25) is 5.91 Å². The van der Waals surface area contributed by atoms with Gasteiger partial charge in [-0.2, -0.15) is 0 Å². The van der Waals surface area contributed by atoms with Gasteiger partial charge < -0.3 is 45.4 Å². The van der Waals surface area contributed by atoms with Gasteiger partial charge in [0.25, 0.3) is 0 Å². The van der Waals surface area contributed by atoms with E-state index >= 15 is 0 Å². The number of carboxylic acids is 4. The summed E-state index contributed by atoms with van der Waals surface area (Å²) in [5, 5.41) is 37.9. The summed E-state index contributed by atoms with van der Waals surface area (Å²) in [6, 6.07) is 7.82. The molecule has 0 aliphatic carbocycles. The molecule has 18 heteroatoms. The monoisotopic (exact) mass is 717 g/mol. The number of amides is 1. The zero-order valence-electron chi connectivity index (χ0n) is 26.6. The molecule has 1 atom stereocenters. The molecule has 16 nitrogen and oxygen atoms in total. The van der Waals surface area contributed by atoms with Crippen molar-refractivity contribution in [2.75, 3.05) is 44.5 Å². The summed E-state index contributed by atoms with van der Waals surface area (Å²) in [6.45, 7) is 1.75. The van der Waals surface area contributed by atoms with E-state index in [2.05, 4.69) is 20.6 Å². The van der Waals surface area contributed by atoms with E-state index in [0.717, 1.165) is 6.42 Å². The highest BCUT2D eigenvalue weighted by Gasteiger charge is 2.21. The normalized spacial score (nSPS) is 13.8. The highest BCUT2D eigenvalue weighted by molar-refractivity contribution is 6.31. The minimum absolute atomic E-state index is 0.00436. The van der Waals surface area contributed by atoms with Gasteiger partial charge >= 0.3 is 23.9 Å². The number of aliphatic carboxylic acids is 4. The number of benzene rings is 2. The number of nitrogens with zero attached hydrogens (tertiary/aromatic N) is 3. The molecule has 50 heavy (non-hydrogen) atoms. The molecular weight excluding hydrogens is 685 g/mol. The zero-order valence-corrected chi connectivity index (χ0v) is 27.3. The van der Waals surface area contributed by atoms with Crippen molar-refractivity contribution in [3.05, 3.63) is 84.0 Å². The summed E-state index contributed by atoms with van der Waals surface area (Å²) in [7, 11) is 3.84. The third-order valence-corrected chi connectivity index (χ3v) is 6.12. The fourth-order valence-electron chi connectivity index (χ4n) is 3.70. The molecule has 1 aromatic heterocycles. The molecule has 0 saturated carbocycles. The number of ether oxygens (including phenoxy) is 2. The third kappa shape index (κ3) is 15.3. The number of carboxylic acid groups (broad SMARTS) is 4. The molecule has 2 aromatic carbocycles. The van der Waals surface area contributed by atoms with Crippen molar-refractivity contribution in [1.29, 1.82) is 0 Å². The summed E-state index contributed by atoms with van der Waals surface area (Å²) in [5.74, 6) is -4.86. The van der Waals surface area contributed by atoms with Crippen LogP contribution in [0.4, 0.5) is 21.6 Å². The Morgan fingerprint density at radius 2 is 1.58 bits per heavy atom. The Morgan fingerprint density at radius 3 is 2.10 bits per heavy atom. The fourth-order valence-corrected chi connectivity index (χ4v) is 3.89. The van der Waals surface area contributed by atoms with E-state index in [4.69, 9.17) is 41.5 Å². The Bertz CT molecular complexity index is 1710. The van der Waals surface area contributed by atoms with Gasteiger partial charge in [-0.1, -0.05) is 17.7 Å². The minimum atomic E-state index is -1.26. The van der Waals surface area contributed by atoms with Crippen LogP contribution in [0, 0.1) is 5.82 Å². The largest absolute Gasteiger partial charge is 0.486 e. The van der Waals surface area contributed by atoms with Crippen molar-refractivity contribution in [2.24, 2.45) is 0 Å². The predicted octanol–water partition coefficient (Wildman–Crippen LogP) is 3.81. The highest BCUT2D eigenvalue weighted by Crippen LogP contribution is 2.35. The van der Waals surface area contributed by atoms with Crippen molar-refractivity contribution in [3.63, 3.8) is 0 Å². The second kappa shape index (κ2) is 20.5. The third-order valence-electron chi connectivity index (χ3n) is 5.84. The summed E-state index contributed by atoms with van der Waals surface area (Å²) >= 11 is 5.91. The number of carbonyl (C=O) groups is 5. The Balaban J connectivity index is 0.000000450. The lowest BCUT2D eigenvalue weighted by Gasteiger charge is -2.17. The van der Waals surface area contributed by atoms with Crippen LogP contribution in [0.3, 0.4) is 0 Å². The maximum atomic E-state index is 13.6. The maximum Gasteiger partial charge on any atom is 0.328 e. The molecule has 6 N–H and O–H groups in total. The van der Waals surface area contributed by atoms with E-state index in [1.807, 2.05) is 19.0 Å². The number of fused-ring (bicyclic) bond motifs is 1. The first-order chi connectivity index (χ1) is 23.6. The van der Waals surface area contributed by atoms with Crippen molar-refractivity contribution < 1.29 is 58.3 Å². The maximum absolute atomic E-state index is 13.6. The van der Waals surface area contributed by atoms with Gasteiger partial charge in [-0.05, 0) is 38.4 Å². The molecule has 266 valence electrons.